The highest BCUT2D eigenvalue weighted by Crippen LogP contribution is 2.41. The van der Waals surface area contributed by atoms with Gasteiger partial charge in [0.1, 0.15) is 46.7 Å². The van der Waals surface area contributed by atoms with Crippen LogP contribution in [0, 0.1) is 10.1 Å². The molecule has 202 valence electrons. The molecule has 0 saturated heterocycles. The predicted molar refractivity (Wildman–Crippen MR) is 146 cm³/mol. The molecule has 0 bridgehead atoms. The third-order valence-electron chi connectivity index (χ3n) is 6.31. The van der Waals surface area contributed by atoms with Crippen molar-refractivity contribution in [2.24, 2.45) is 0 Å². The van der Waals surface area contributed by atoms with Gasteiger partial charge in [-0.2, -0.15) is 0 Å². The molecule has 0 aliphatic carbocycles. The number of phenolic OH excluding ortho intramolecular Hbond substituents is 2. The van der Waals surface area contributed by atoms with Gasteiger partial charge in [-0.15, -0.1) is 0 Å². The largest absolute Gasteiger partial charge is 0.508 e. The Morgan fingerprint density at radius 2 is 1.22 bits per heavy atom. The minimum absolute atomic E-state index is 0.0415. The second-order valence-electron chi connectivity index (χ2n) is 8.87. The number of aromatic hydroxyl groups is 2. The summed E-state index contributed by atoms with van der Waals surface area (Å²) in [6, 6.07) is 9.90. The SMILES string of the molecule is O=c1occ(-c2ccc(O)cc2)c2c1C=C/C(=C\C=C1/C=Cc3c(c(-c4ccc(O)cc4[N+](=O)[O-])coc3=O)O1)O2. The van der Waals surface area contributed by atoms with Crippen LogP contribution in [0.5, 0.6) is 23.0 Å². The first-order chi connectivity index (χ1) is 19.8. The highest BCUT2D eigenvalue weighted by Gasteiger charge is 2.26. The zero-order valence-electron chi connectivity index (χ0n) is 20.8. The molecule has 2 aromatic carbocycles. The number of nitrogens with zero attached hydrogens (tertiary/aromatic N) is 1. The Kier molecular flexibility index (Phi) is 6.08. The van der Waals surface area contributed by atoms with Gasteiger partial charge in [-0.05, 0) is 66.3 Å². The molecule has 0 amide bonds. The summed E-state index contributed by atoms with van der Waals surface area (Å²) in [7, 11) is 0. The van der Waals surface area contributed by atoms with Gasteiger partial charge in [-0.25, -0.2) is 9.59 Å². The van der Waals surface area contributed by atoms with Gasteiger partial charge in [0.2, 0.25) is 0 Å². The number of nitro benzene ring substituents is 1. The van der Waals surface area contributed by atoms with E-state index >= 15 is 0 Å². The molecule has 0 fully saturated rings. The number of nitro groups is 1. The van der Waals surface area contributed by atoms with Crippen molar-refractivity contribution in [3.8, 4) is 45.3 Å². The molecular formula is C30H17NO10. The lowest BCUT2D eigenvalue weighted by Gasteiger charge is -2.18. The predicted octanol–water partition coefficient (Wildman–Crippen LogP) is 5.53. The third kappa shape index (κ3) is 4.68. The second kappa shape index (κ2) is 9.89. The van der Waals surface area contributed by atoms with E-state index in [9.17, 15) is 29.9 Å². The quantitative estimate of drug-likeness (QED) is 0.244. The Morgan fingerprint density at radius 1 is 0.683 bits per heavy atom. The van der Waals surface area contributed by atoms with E-state index in [4.69, 9.17) is 18.3 Å². The van der Waals surface area contributed by atoms with Crippen molar-refractivity contribution in [1.29, 1.82) is 0 Å². The minimum Gasteiger partial charge on any atom is -0.508 e. The maximum atomic E-state index is 12.4. The van der Waals surface area contributed by atoms with Crippen LogP contribution in [-0.4, -0.2) is 15.1 Å². The third-order valence-corrected chi connectivity index (χ3v) is 6.31. The lowest BCUT2D eigenvalue weighted by molar-refractivity contribution is -0.384. The van der Waals surface area contributed by atoms with E-state index in [0.717, 1.165) is 12.3 Å². The molecule has 0 spiro atoms. The summed E-state index contributed by atoms with van der Waals surface area (Å²) in [6.07, 6.45) is 11.6. The van der Waals surface area contributed by atoms with Crippen LogP contribution >= 0.6 is 0 Å². The molecule has 0 unspecified atom stereocenters. The summed E-state index contributed by atoms with van der Waals surface area (Å²) < 4.78 is 22.2. The average molecular weight is 551 g/mol. The van der Waals surface area contributed by atoms with Gasteiger partial charge in [-0.1, -0.05) is 12.1 Å². The first kappa shape index (κ1) is 25.2. The lowest BCUT2D eigenvalue weighted by atomic mass is 10.0. The van der Waals surface area contributed by atoms with E-state index in [-0.39, 0.29) is 51.0 Å². The maximum Gasteiger partial charge on any atom is 0.346 e. The number of phenols is 2. The molecule has 4 aromatic rings. The lowest BCUT2D eigenvalue weighted by Crippen LogP contribution is -2.12. The number of allylic oxidation sites excluding steroid dienone is 4. The van der Waals surface area contributed by atoms with Crippen molar-refractivity contribution < 1.29 is 33.4 Å². The molecule has 41 heavy (non-hydrogen) atoms. The number of ether oxygens (including phenoxy) is 2. The van der Waals surface area contributed by atoms with E-state index in [1.807, 2.05) is 0 Å². The summed E-state index contributed by atoms with van der Waals surface area (Å²) in [5, 5.41) is 31.0. The molecule has 0 radical (unpaired) electrons. The summed E-state index contributed by atoms with van der Waals surface area (Å²) >= 11 is 0. The summed E-state index contributed by atoms with van der Waals surface area (Å²) in [6.45, 7) is 0. The Morgan fingerprint density at radius 3 is 1.80 bits per heavy atom. The first-order valence-corrected chi connectivity index (χ1v) is 12.0. The second-order valence-corrected chi connectivity index (χ2v) is 8.87. The number of fused-ring (bicyclic) bond motifs is 2. The molecule has 11 heteroatoms. The van der Waals surface area contributed by atoms with Gasteiger partial charge in [-0.3, -0.25) is 10.1 Å². The van der Waals surface area contributed by atoms with E-state index in [1.165, 1.54) is 42.7 Å². The number of rotatable bonds is 4. The van der Waals surface area contributed by atoms with E-state index in [2.05, 4.69) is 0 Å². The number of benzene rings is 2. The van der Waals surface area contributed by atoms with Gasteiger partial charge in [0.25, 0.3) is 5.69 Å². The number of hydrogen-bond acceptors (Lipinski definition) is 10. The molecule has 2 aliphatic heterocycles. The molecule has 0 atom stereocenters. The van der Waals surface area contributed by atoms with Crippen molar-refractivity contribution in [2.75, 3.05) is 0 Å². The Bertz CT molecular complexity index is 1970. The van der Waals surface area contributed by atoms with Crippen molar-refractivity contribution in [2.45, 2.75) is 0 Å². The highest BCUT2D eigenvalue weighted by atomic mass is 16.6. The van der Waals surface area contributed by atoms with Crippen LogP contribution in [0.3, 0.4) is 0 Å². The Labute approximate surface area is 229 Å². The molecule has 11 nitrogen and oxygen atoms in total. The summed E-state index contributed by atoms with van der Waals surface area (Å²) in [5.74, 6) is 0.709. The van der Waals surface area contributed by atoms with Crippen LogP contribution in [0.25, 0.3) is 34.4 Å². The topological polar surface area (TPSA) is 162 Å². The molecule has 0 saturated carbocycles. The molecule has 2 N–H and O–H groups in total. The Balaban J connectivity index is 1.35. The van der Waals surface area contributed by atoms with Crippen LogP contribution in [0.4, 0.5) is 5.69 Å². The fraction of sp³-hybridized carbons (Fsp3) is 0. The molecular weight excluding hydrogens is 534 g/mol. The van der Waals surface area contributed by atoms with Crippen LogP contribution in [-0.2, 0) is 0 Å². The van der Waals surface area contributed by atoms with Gasteiger partial charge in [0, 0.05) is 0 Å². The van der Waals surface area contributed by atoms with Crippen LogP contribution in [0.1, 0.15) is 11.1 Å². The smallest absolute Gasteiger partial charge is 0.346 e. The Hall–Kier alpha value is -6.10. The van der Waals surface area contributed by atoms with Gasteiger partial charge in [0.05, 0.1) is 27.7 Å². The van der Waals surface area contributed by atoms with Crippen LogP contribution < -0.4 is 20.7 Å². The van der Waals surface area contributed by atoms with Gasteiger partial charge < -0.3 is 28.5 Å². The van der Waals surface area contributed by atoms with E-state index in [0.29, 0.717) is 16.9 Å². The fourth-order valence-corrected chi connectivity index (χ4v) is 4.34. The number of hydrogen-bond donors (Lipinski definition) is 2. The van der Waals surface area contributed by atoms with Gasteiger partial charge in [0.15, 0.2) is 11.5 Å². The van der Waals surface area contributed by atoms with Gasteiger partial charge >= 0.3 is 11.3 Å². The summed E-state index contributed by atoms with van der Waals surface area (Å²) in [5.41, 5.74) is -0.0371. The van der Waals surface area contributed by atoms with E-state index < -0.39 is 21.9 Å². The maximum absolute atomic E-state index is 12.4. The molecule has 2 aromatic heterocycles. The zero-order chi connectivity index (χ0) is 28.7. The minimum atomic E-state index is -0.699. The molecule has 4 heterocycles. The molecule has 2 aliphatic rings. The van der Waals surface area contributed by atoms with Crippen LogP contribution in [0.2, 0.25) is 0 Å². The first-order valence-electron chi connectivity index (χ1n) is 12.0. The van der Waals surface area contributed by atoms with E-state index in [1.54, 1.807) is 36.4 Å². The molecule has 6 rings (SSSR count). The highest BCUT2D eigenvalue weighted by molar-refractivity contribution is 5.82. The van der Waals surface area contributed by atoms with Crippen LogP contribution in [0.15, 0.2) is 109 Å². The zero-order valence-corrected chi connectivity index (χ0v) is 20.8. The fourth-order valence-electron chi connectivity index (χ4n) is 4.34. The van der Waals surface area contributed by atoms with Crippen molar-refractivity contribution in [1.82, 2.24) is 0 Å². The normalized spacial score (nSPS) is 15.2. The van der Waals surface area contributed by atoms with Crippen molar-refractivity contribution >= 4 is 17.8 Å². The average Bonchev–Trinajstić information content (AvgIpc) is 2.97. The standard InChI is InChI=1S/C30H17NO10/c32-17-3-1-16(2-4-17)24-14-38-29(34)22-11-8-19(40-27(22)24)6-7-20-9-12-23-28(41-20)25(15-39-30(23)35)21-10-5-18(33)13-26(21)31(36)37/h1-15,32-33H/b19-6+,20-7+. The van der Waals surface area contributed by atoms with Crippen molar-refractivity contribution in [3.05, 3.63) is 133 Å². The summed E-state index contributed by atoms with van der Waals surface area (Å²) in [4.78, 5) is 35.6. The monoisotopic (exact) mass is 551 g/mol. The van der Waals surface area contributed by atoms with Crippen molar-refractivity contribution in [3.63, 3.8) is 0 Å².